The Morgan fingerprint density at radius 1 is 1.65 bits per heavy atom. The summed E-state index contributed by atoms with van der Waals surface area (Å²) in [6.45, 7) is 3.91. The molecule has 0 radical (unpaired) electrons. The molecule has 106 valence electrons. The van der Waals surface area contributed by atoms with Crippen LogP contribution in [0.1, 0.15) is 12.7 Å². The molecule has 0 amide bonds. The molecule has 1 unspecified atom stereocenters. The van der Waals surface area contributed by atoms with Gasteiger partial charge in [-0.15, -0.1) is 0 Å². The number of hydrogen-bond donors (Lipinski definition) is 1. The molecule has 7 heteroatoms. The van der Waals surface area contributed by atoms with Gasteiger partial charge in [0, 0.05) is 18.5 Å². The van der Waals surface area contributed by atoms with Gasteiger partial charge in [0.1, 0.15) is 0 Å². The second kappa shape index (κ2) is 5.34. The van der Waals surface area contributed by atoms with E-state index in [1.807, 2.05) is 16.8 Å². The van der Waals surface area contributed by atoms with Crippen molar-refractivity contribution in [3.05, 3.63) is 22.7 Å². The lowest BCUT2D eigenvalue weighted by Crippen LogP contribution is -2.50. The average Bonchev–Trinajstić information content (AvgIpc) is 3.02. The fraction of sp³-hybridized carbons (Fsp3) is 0.462. The maximum Gasteiger partial charge on any atom is 0.306 e. The van der Waals surface area contributed by atoms with Gasteiger partial charge < -0.3 is 9.63 Å². The Balaban J connectivity index is 1.55. The van der Waals surface area contributed by atoms with Gasteiger partial charge in [-0.05, 0) is 17.4 Å². The average molecular weight is 293 g/mol. The first-order chi connectivity index (χ1) is 9.63. The Hall–Kier alpha value is -1.73. The number of carboxylic acid groups (broad SMARTS) is 1. The Morgan fingerprint density at radius 3 is 3.10 bits per heavy atom. The van der Waals surface area contributed by atoms with E-state index in [4.69, 9.17) is 9.63 Å². The highest BCUT2D eigenvalue weighted by atomic mass is 32.1. The van der Waals surface area contributed by atoms with E-state index in [0.717, 1.165) is 18.7 Å². The molecule has 2 aromatic rings. The lowest BCUT2D eigenvalue weighted by molar-refractivity contribution is -0.145. The van der Waals surface area contributed by atoms with Crippen LogP contribution in [-0.4, -0.2) is 39.2 Å². The number of rotatable bonds is 5. The summed E-state index contributed by atoms with van der Waals surface area (Å²) in [7, 11) is 0. The third kappa shape index (κ3) is 2.59. The van der Waals surface area contributed by atoms with Gasteiger partial charge in [-0.1, -0.05) is 12.1 Å². The van der Waals surface area contributed by atoms with Crippen molar-refractivity contribution in [2.75, 3.05) is 13.1 Å². The zero-order chi connectivity index (χ0) is 14.1. The third-order valence-corrected chi connectivity index (χ3v) is 4.37. The van der Waals surface area contributed by atoms with Crippen LogP contribution in [0.25, 0.3) is 11.5 Å². The van der Waals surface area contributed by atoms with Crippen molar-refractivity contribution >= 4 is 17.3 Å². The number of nitrogens with zero attached hydrogens (tertiary/aromatic N) is 3. The first-order valence-electron chi connectivity index (χ1n) is 6.44. The second-order valence-electron chi connectivity index (χ2n) is 5.11. The number of hydrogen-bond acceptors (Lipinski definition) is 6. The largest absolute Gasteiger partial charge is 0.481 e. The van der Waals surface area contributed by atoms with Gasteiger partial charge in [0.05, 0.1) is 18.0 Å². The van der Waals surface area contributed by atoms with Gasteiger partial charge in [0.2, 0.25) is 0 Å². The second-order valence-corrected chi connectivity index (χ2v) is 5.89. The van der Waals surface area contributed by atoms with E-state index in [1.165, 1.54) is 0 Å². The van der Waals surface area contributed by atoms with Crippen molar-refractivity contribution in [3.8, 4) is 11.5 Å². The van der Waals surface area contributed by atoms with Crippen LogP contribution in [0.2, 0.25) is 0 Å². The van der Waals surface area contributed by atoms with E-state index in [9.17, 15) is 4.79 Å². The highest BCUT2D eigenvalue weighted by Crippen LogP contribution is 2.26. The van der Waals surface area contributed by atoms with E-state index >= 15 is 0 Å². The normalized spacial score (nSPS) is 17.9. The van der Waals surface area contributed by atoms with Crippen molar-refractivity contribution < 1.29 is 14.4 Å². The molecule has 0 aromatic carbocycles. The zero-order valence-electron chi connectivity index (χ0n) is 11.0. The molecule has 3 heterocycles. The summed E-state index contributed by atoms with van der Waals surface area (Å²) >= 11 is 1.59. The predicted octanol–water partition coefficient (Wildman–Crippen LogP) is 1.95. The highest BCUT2D eigenvalue weighted by Gasteiger charge is 2.35. The monoisotopic (exact) mass is 293 g/mol. The summed E-state index contributed by atoms with van der Waals surface area (Å²) in [5, 5.41) is 16.8. The molecule has 1 aliphatic rings. The van der Waals surface area contributed by atoms with Crippen LogP contribution in [0.4, 0.5) is 0 Å². The van der Waals surface area contributed by atoms with Crippen LogP contribution in [0.3, 0.4) is 0 Å². The maximum atomic E-state index is 10.9. The van der Waals surface area contributed by atoms with E-state index in [0.29, 0.717) is 18.3 Å². The Bertz CT molecular complexity index is 590. The summed E-state index contributed by atoms with van der Waals surface area (Å²) in [6.07, 6.45) is 0. The molecule has 6 nitrogen and oxygen atoms in total. The first-order valence-corrected chi connectivity index (χ1v) is 7.38. The number of thiophene rings is 1. The van der Waals surface area contributed by atoms with Crippen LogP contribution in [-0.2, 0) is 11.3 Å². The van der Waals surface area contributed by atoms with Gasteiger partial charge in [0.15, 0.2) is 5.82 Å². The number of aromatic nitrogens is 2. The number of likely N-dealkylation sites (tertiary alicyclic amines) is 1. The van der Waals surface area contributed by atoms with Crippen LogP contribution in [0.15, 0.2) is 21.3 Å². The molecule has 1 atom stereocenters. The van der Waals surface area contributed by atoms with E-state index in [-0.39, 0.29) is 11.8 Å². The predicted molar refractivity (Wildman–Crippen MR) is 73.2 cm³/mol. The third-order valence-electron chi connectivity index (χ3n) is 3.68. The van der Waals surface area contributed by atoms with Gasteiger partial charge in [-0.3, -0.25) is 9.69 Å². The molecular weight excluding hydrogens is 278 g/mol. The van der Waals surface area contributed by atoms with Crippen LogP contribution in [0, 0.1) is 11.8 Å². The van der Waals surface area contributed by atoms with E-state index < -0.39 is 5.97 Å². The van der Waals surface area contributed by atoms with Crippen LogP contribution >= 0.6 is 11.3 Å². The lowest BCUT2D eigenvalue weighted by Gasteiger charge is -2.40. The molecule has 2 aromatic heterocycles. The molecule has 3 rings (SSSR count). The lowest BCUT2D eigenvalue weighted by atomic mass is 9.87. The van der Waals surface area contributed by atoms with E-state index in [1.54, 1.807) is 18.3 Å². The Labute approximate surface area is 120 Å². The highest BCUT2D eigenvalue weighted by molar-refractivity contribution is 7.08. The Kier molecular flexibility index (Phi) is 3.54. The SMILES string of the molecule is CC(C(=O)O)C1CN(Cc2noc(-c3ccsc3)n2)C1. The van der Waals surface area contributed by atoms with E-state index in [2.05, 4.69) is 15.0 Å². The molecule has 1 fully saturated rings. The summed E-state index contributed by atoms with van der Waals surface area (Å²) in [4.78, 5) is 17.4. The first kappa shape index (κ1) is 13.3. The topological polar surface area (TPSA) is 79.5 Å². The molecule has 20 heavy (non-hydrogen) atoms. The summed E-state index contributed by atoms with van der Waals surface area (Å²) in [5.74, 6) is 0.382. The van der Waals surface area contributed by atoms with Crippen molar-refractivity contribution in [3.63, 3.8) is 0 Å². The Morgan fingerprint density at radius 2 is 2.45 bits per heavy atom. The standard InChI is InChI=1S/C13H15N3O3S/c1-8(13(17)18)10-4-16(5-10)6-11-14-12(19-15-11)9-2-3-20-7-9/h2-3,7-8,10H,4-6H2,1H3,(H,17,18). The number of aliphatic carboxylic acids is 1. The minimum Gasteiger partial charge on any atom is -0.481 e. The minimum absolute atomic E-state index is 0.218. The zero-order valence-corrected chi connectivity index (χ0v) is 11.8. The maximum absolute atomic E-state index is 10.9. The molecule has 0 bridgehead atoms. The quantitative estimate of drug-likeness (QED) is 0.907. The summed E-state index contributed by atoms with van der Waals surface area (Å²) in [6, 6.07) is 1.94. The van der Waals surface area contributed by atoms with Gasteiger partial charge in [-0.2, -0.15) is 16.3 Å². The van der Waals surface area contributed by atoms with Crippen molar-refractivity contribution in [1.82, 2.24) is 15.0 Å². The van der Waals surface area contributed by atoms with Gasteiger partial charge in [0.25, 0.3) is 5.89 Å². The van der Waals surface area contributed by atoms with Crippen molar-refractivity contribution in [2.45, 2.75) is 13.5 Å². The molecular formula is C13H15N3O3S. The van der Waals surface area contributed by atoms with Gasteiger partial charge >= 0.3 is 5.97 Å². The summed E-state index contributed by atoms with van der Waals surface area (Å²) < 4.78 is 5.22. The fourth-order valence-electron chi connectivity index (χ4n) is 2.28. The van der Waals surface area contributed by atoms with Crippen LogP contribution < -0.4 is 0 Å². The molecule has 0 saturated carbocycles. The summed E-state index contributed by atoms with van der Waals surface area (Å²) in [5.41, 5.74) is 0.940. The smallest absolute Gasteiger partial charge is 0.306 e. The van der Waals surface area contributed by atoms with Crippen molar-refractivity contribution in [1.29, 1.82) is 0 Å². The van der Waals surface area contributed by atoms with Crippen molar-refractivity contribution in [2.24, 2.45) is 11.8 Å². The number of carbonyl (C=O) groups is 1. The molecule has 1 N–H and O–H groups in total. The fourth-order valence-corrected chi connectivity index (χ4v) is 2.91. The molecule has 1 saturated heterocycles. The van der Waals surface area contributed by atoms with Crippen LogP contribution in [0.5, 0.6) is 0 Å². The van der Waals surface area contributed by atoms with Gasteiger partial charge in [-0.25, -0.2) is 0 Å². The number of carboxylic acids is 1. The minimum atomic E-state index is -0.728. The molecule has 1 aliphatic heterocycles. The molecule has 0 aliphatic carbocycles. The molecule has 0 spiro atoms.